The number of nitrogens with two attached hydrogens (primary N) is 1. The minimum atomic E-state index is 0.538. The molecule has 0 bridgehead atoms. The van der Waals surface area contributed by atoms with Crippen LogP contribution in [0.4, 0.5) is 5.82 Å². The first kappa shape index (κ1) is 14.0. The van der Waals surface area contributed by atoms with Crippen molar-refractivity contribution in [1.82, 2.24) is 9.97 Å². The third-order valence-corrected chi connectivity index (χ3v) is 4.04. The van der Waals surface area contributed by atoms with Crippen LogP contribution in [0.15, 0.2) is 30.3 Å². The smallest absolute Gasteiger partial charge is 0.161 e. The van der Waals surface area contributed by atoms with E-state index in [0.29, 0.717) is 18.3 Å². The van der Waals surface area contributed by atoms with E-state index in [2.05, 4.69) is 11.1 Å². The van der Waals surface area contributed by atoms with E-state index in [-0.39, 0.29) is 0 Å². The zero-order chi connectivity index (χ0) is 14.7. The highest BCUT2D eigenvalue weighted by Crippen LogP contribution is 2.34. The van der Waals surface area contributed by atoms with Crippen LogP contribution in [0.5, 0.6) is 0 Å². The molecular weight excluding hydrogens is 262 g/mol. The van der Waals surface area contributed by atoms with Crippen molar-refractivity contribution < 1.29 is 4.74 Å². The zero-order valence-electron chi connectivity index (χ0n) is 12.4. The van der Waals surface area contributed by atoms with Crippen LogP contribution >= 0.6 is 0 Å². The summed E-state index contributed by atoms with van der Waals surface area (Å²) in [5.74, 6) is 1.81. The van der Waals surface area contributed by atoms with Gasteiger partial charge in [-0.3, -0.25) is 0 Å². The van der Waals surface area contributed by atoms with E-state index in [4.69, 9.17) is 15.5 Å². The van der Waals surface area contributed by atoms with Crippen LogP contribution in [-0.4, -0.2) is 17.1 Å². The second-order valence-corrected chi connectivity index (χ2v) is 5.66. The van der Waals surface area contributed by atoms with Gasteiger partial charge in [0.15, 0.2) is 5.82 Å². The summed E-state index contributed by atoms with van der Waals surface area (Å²) in [6.07, 6.45) is 4.99. The van der Waals surface area contributed by atoms with E-state index in [9.17, 15) is 0 Å². The molecule has 21 heavy (non-hydrogen) atoms. The van der Waals surface area contributed by atoms with Crippen LogP contribution in [-0.2, 0) is 11.3 Å². The topological polar surface area (TPSA) is 61.0 Å². The minimum Gasteiger partial charge on any atom is -0.384 e. The Labute approximate surface area is 125 Å². The van der Waals surface area contributed by atoms with Crippen molar-refractivity contribution in [3.63, 3.8) is 0 Å². The molecule has 0 spiro atoms. The summed E-state index contributed by atoms with van der Waals surface area (Å²) in [7, 11) is 1.70. The number of benzene rings is 1. The lowest BCUT2D eigenvalue weighted by atomic mass is 10.0. The predicted octanol–water partition coefficient (Wildman–Crippen LogP) is 3.53. The third kappa shape index (κ3) is 3.22. The standard InChI is InChI=1S/C17H21N3O/c1-21-11-12-5-4-8-14(9-12)17-19-15(10-16(18)20-17)13-6-2-3-7-13/h4-5,8-10,13H,2-3,6-7,11H2,1H3,(H2,18,19,20). The van der Waals surface area contributed by atoms with Crippen molar-refractivity contribution >= 4 is 5.82 Å². The Hall–Kier alpha value is -1.94. The van der Waals surface area contributed by atoms with Gasteiger partial charge < -0.3 is 10.5 Å². The Balaban J connectivity index is 1.95. The van der Waals surface area contributed by atoms with Gasteiger partial charge in [-0.25, -0.2) is 9.97 Å². The number of nitrogens with zero attached hydrogens (tertiary/aromatic N) is 2. The molecule has 0 unspecified atom stereocenters. The molecule has 0 amide bonds. The Morgan fingerprint density at radius 2 is 2.00 bits per heavy atom. The average molecular weight is 283 g/mol. The Bertz CT molecular complexity index is 621. The van der Waals surface area contributed by atoms with Gasteiger partial charge in [0.25, 0.3) is 0 Å². The fraction of sp³-hybridized carbons (Fsp3) is 0.412. The van der Waals surface area contributed by atoms with Crippen molar-refractivity contribution in [3.05, 3.63) is 41.6 Å². The summed E-state index contributed by atoms with van der Waals surface area (Å²) < 4.78 is 5.18. The molecule has 1 aromatic carbocycles. The van der Waals surface area contributed by atoms with Crippen molar-refractivity contribution in [1.29, 1.82) is 0 Å². The van der Waals surface area contributed by atoms with Gasteiger partial charge >= 0.3 is 0 Å². The second kappa shape index (κ2) is 6.22. The maximum atomic E-state index is 5.99. The van der Waals surface area contributed by atoms with Gasteiger partial charge in [-0.15, -0.1) is 0 Å². The quantitative estimate of drug-likeness (QED) is 0.932. The SMILES string of the molecule is COCc1cccc(-c2nc(N)cc(C3CCCC3)n2)c1. The molecule has 1 fully saturated rings. The summed E-state index contributed by atoms with van der Waals surface area (Å²) >= 11 is 0. The molecule has 3 rings (SSSR count). The molecular formula is C17H21N3O. The van der Waals surface area contributed by atoms with E-state index in [0.717, 1.165) is 22.6 Å². The molecule has 1 aliphatic carbocycles. The molecule has 0 saturated heterocycles. The molecule has 4 nitrogen and oxygen atoms in total. The third-order valence-electron chi connectivity index (χ3n) is 4.04. The van der Waals surface area contributed by atoms with Gasteiger partial charge in [0.2, 0.25) is 0 Å². The van der Waals surface area contributed by atoms with Crippen molar-refractivity contribution in [2.45, 2.75) is 38.2 Å². The number of hydrogen-bond acceptors (Lipinski definition) is 4. The summed E-state index contributed by atoms with van der Waals surface area (Å²) in [5.41, 5.74) is 9.19. The van der Waals surface area contributed by atoms with Gasteiger partial charge in [-0.2, -0.15) is 0 Å². The van der Waals surface area contributed by atoms with Crippen LogP contribution in [0.2, 0.25) is 0 Å². The predicted molar refractivity (Wildman–Crippen MR) is 83.8 cm³/mol. The fourth-order valence-corrected chi connectivity index (χ4v) is 3.01. The van der Waals surface area contributed by atoms with Crippen molar-refractivity contribution in [2.75, 3.05) is 12.8 Å². The van der Waals surface area contributed by atoms with Gasteiger partial charge in [0.1, 0.15) is 5.82 Å². The zero-order valence-corrected chi connectivity index (χ0v) is 12.4. The number of ether oxygens (including phenoxy) is 1. The number of rotatable bonds is 4. The molecule has 2 N–H and O–H groups in total. The number of aromatic nitrogens is 2. The van der Waals surface area contributed by atoms with E-state index >= 15 is 0 Å². The number of hydrogen-bond donors (Lipinski definition) is 1. The van der Waals surface area contributed by atoms with E-state index in [1.54, 1.807) is 7.11 Å². The highest BCUT2D eigenvalue weighted by Gasteiger charge is 2.20. The number of anilines is 1. The van der Waals surface area contributed by atoms with Crippen LogP contribution < -0.4 is 5.73 Å². The fourth-order valence-electron chi connectivity index (χ4n) is 3.01. The lowest BCUT2D eigenvalue weighted by Gasteiger charge is -2.11. The largest absolute Gasteiger partial charge is 0.384 e. The van der Waals surface area contributed by atoms with Crippen LogP contribution in [0.1, 0.15) is 42.9 Å². The summed E-state index contributed by atoms with van der Waals surface area (Å²) in [6, 6.07) is 10.1. The Kier molecular flexibility index (Phi) is 4.15. The Morgan fingerprint density at radius 1 is 1.19 bits per heavy atom. The molecule has 1 heterocycles. The van der Waals surface area contributed by atoms with E-state index in [1.165, 1.54) is 25.7 Å². The van der Waals surface area contributed by atoms with E-state index in [1.807, 2.05) is 24.3 Å². The molecule has 2 aromatic rings. The van der Waals surface area contributed by atoms with Crippen LogP contribution in [0.25, 0.3) is 11.4 Å². The first-order valence-electron chi connectivity index (χ1n) is 7.49. The first-order valence-corrected chi connectivity index (χ1v) is 7.49. The molecule has 1 aromatic heterocycles. The Morgan fingerprint density at radius 3 is 2.76 bits per heavy atom. The average Bonchev–Trinajstić information content (AvgIpc) is 3.01. The second-order valence-electron chi connectivity index (χ2n) is 5.66. The highest BCUT2D eigenvalue weighted by molar-refractivity contribution is 5.58. The molecule has 0 atom stereocenters. The maximum absolute atomic E-state index is 5.99. The number of nitrogen functional groups attached to an aromatic ring is 1. The maximum Gasteiger partial charge on any atom is 0.161 e. The lowest BCUT2D eigenvalue weighted by Crippen LogP contribution is -2.03. The molecule has 1 aliphatic rings. The normalized spacial score (nSPS) is 15.5. The van der Waals surface area contributed by atoms with Gasteiger partial charge in [-0.1, -0.05) is 31.0 Å². The summed E-state index contributed by atoms with van der Waals surface area (Å²) in [4.78, 5) is 9.16. The molecule has 0 aliphatic heterocycles. The van der Waals surface area contributed by atoms with Crippen LogP contribution in [0, 0.1) is 0 Å². The molecule has 4 heteroatoms. The van der Waals surface area contributed by atoms with E-state index < -0.39 is 0 Å². The van der Waals surface area contributed by atoms with Gasteiger partial charge in [0.05, 0.1) is 6.61 Å². The molecule has 110 valence electrons. The molecule has 0 radical (unpaired) electrons. The molecule has 1 saturated carbocycles. The monoisotopic (exact) mass is 283 g/mol. The van der Waals surface area contributed by atoms with Crippen molar-refractivity contribution in [3.8, 4) is 11.4 Å². The summed E-state index contributed by atoms with van der Waals surface area (Å²) in [6.45, 7) is 0.589. The summed E-state index contributed by atoms with van der Waals surface area (Å²) in [5, 5.41) is 0. The lowest BCUT2D eigenvalue weighted by molar-refractivity contribution is 0.185. The minimum absolute atomic E-state index is 0.538. The number of methoxy groups -OCH3 is 1. The van der Waals surface area contributed by atoms with Crippen molar-refractivity contribution in [2.24, 2.45) is 0 Å². The van der Waals surface area contributed by atoms with Gasteiger partial charge in [-0.05, 0) is 24.5 Å². The van der Waals surface area contributed by atoms with Crippen LogP contribution in [0.3, 0.4) is 0 Å². The first-order chi connectivity index (χ1) is 10.3. The van der Waals surface area contributed by atoms with Gasteiger partial charge in [0, 0.05) is 30.4 Å². The highest BCUT2D eigenvalue weighted by atomic mass is 16.5.